The Morgan fingerprint density at radius 1 is 0.957 bits per heavy atom. The maximum absolute atomic E-state index is 12.6. The molecule has 1 heterocycles. The van der Waals surface area contributed by atoms with Gasteiger partial charge >= 0.3 is 6.18 Å². The van der Waals surface area contributed by atoms with Crippen LogP contribution in [0.15, 0.2) is 0 Å². The monoisotopic (exact) mass is 341 g/mol. The van der Waals surface area contributed by atoms with E-state index in [-0.39, 0.29) is 31.9 Å². The van der Waals surface area contributed by atoms with Crippen molar-refractivity contribution >= 4 is 0 Å². The molecule has 1 aliphatic carbocycles. The Morgan fingerprint density at radius 3 is 2.09 bits per heavy atom. The van der Waals surface area contributed by atoms with Gasteiger partial charge in [-0.25, -0.2) is 0 Å². The van der Waals surface area contributed by atoms with Gasteiger partial charge in [-0.1, -0.05) is 0 Å². The Morgan fingerprint density at radius 2 is 1.57 bits per heavy atom. The van der Waals surface area contributed by atoms with Crippen molar-refractivity contribution in [3.05, 3.63) is 0 Å². The van der Waals surface area contributed by atoms with Crippen LogP contribution in [0.4, 0.5) is 13.2 Å². The van der Waals surface area contributed by atoms with Crippen LogP contribution in [0.25, 0.3) is 0 Å². The highest BCUT2D eigenvalue weighted by atomic mass is 19.4. The summed E-state index contributed by atoms with van der Waals surface area (Å²) < 4.78 is 37.9. The van der Waals surface area contributed by atoms with Crippen LogP contribution in [0.3, 0.4) is 0 Å². The lowest BCUT2D eigenvalue weighted by Crippen LogP contribution is -2.62. The van der Waals surface area contributed by atoms with Gasteiger partial charge in [-0.05, 0) is 44.6 Å². The fraction of sp³-hybridized carbons (Fsp3) is 1.00. The smallest absolute Gasteiger partial charge is 0.391 e. The lowest BCUT2D eigenvalue weighted by molar-refractivity contribution is -0.184. The van der Waals surface area contributed by atoms with Crippen LogP contribution in [-0.2, 0) is 0 Å². The van der Waals surface area contributed by atoms with Crippen LogP contribution >= 0.6 is 0 Å². The summed E-state index contributed by atoms with van der Waals surface area (Å²) in [5, 5.41) is 38.7. The normalized spacial score (nSPS) is 40.3. The zero-order valence-electron chi connectivity index (χ0n) is 13.0. The fourth-order valence-corrected chi connectivity index (χ4v) is 3.76. The van der Waals surface area contributed by atoms with Crippen molar-refractivity contribution in [2.75, 3.05) is 19.7 Å². The fourth-order valence-electron chi connectivity index (χ4n) is 3.76. The second-order valence-electron chi connectivity index (χ2n) is 6.84. The summed E-state index contributed by atoms with van der Waals surface area (Å²) in [5.41, 5.74) is 0. The Hall–Kier alpha value is -0.410. The summed E-state index contributed by atoms with van der Waals surface area (Å²) in [7, 11) is 0. The molecule has 4 atom stereocenters. The number of halogens is 3. The third-order valence-corrected chi connectivity index (χ3v) is 5.35. The first kappa shape index (κ1) is 18.9. The maximum Gasteiger partial charge on any atom is 0.391 e. The first-order valence-corrected chi connectivity index (χ1v) is 8.19. The van der Waals surface area contributed by atoms with E-state index in [1.54, 1.807) is 4.90 Å². The number of rotatable bonds is 4. The Balaban J connectivity index is 1.81. The lowest BCUT2D eigenvalue weighted by Gasteiger charge is -2.43. The molecule has 0 aromatic rings. The van der Waals surface area contributed by atoms with Gasteiger partial charge in [-0.2, -0.15) is 13.2 Å². The molecule has 23 heavy (non-hydrogen) atoms. The minimum absolute atomic E-state index is 0.140. The van der Waals surface area contributed by atoms with Crippen molar-refractivity contribution in [3.8, 4) is 0 Å². The third kappa shape index (κ3) is 4.57. The first-order chi connectivity index (χ1) is 10.7. The number of likely N-dealkylation sites (tertiary alicyclic amines) is 1. The molecule has 136 valence electrons. The van der Waals surface area contributed by atoms with E-state index in [1.165, 1.54) is 0 Å². The van der Waals surface area contributed by atoms with Crippen LogP contribution in [-0.4, -0.2) is 75.6 Å². The lowest BCUT2D eigenvalue weighted by atomic mass is 9.80. The third-order valence-electron chi connectivity index (χ3n) is 5.35. The Kier molecular flexibility index (Phi) is 6.29. The van der Waals surface area contributed by atoms with E-state index in [9.17, 15) is 33.6 Å². The van der Waals surface area contributed by atoms with Gasteiger partial charge in [0.15, 0.2) is 0 Å². The van der Waals surface area contributed by atoms with Gasteiger partial charge in [-0.3, -0.25) is 4.90 Å². The minimum Gasteiger partial charge on any atom is -0.395 e. The van der Waals surface area contributed by atoms with E-state index in [2.05, 4.69) is 0 Å². The average Bonchev–Trinajstić information content (AvgIpc) is 2.50. The molecule has 8 heteroatoms. The molecule has 2 rings (SSSR count). The van der Waals surface area contributed by atoms with Crippen LogP contribution in [0, 0.1) is 11.8 Å². The molecule has 0 amide bonds. The molecule has 0 aromatic carbocycles. The van der Waals surface area contributed by atoms with Crippen molar-refractivity contribution in [2.24, 2.45) is 11.8 Å². The summed E-state index contributed by atoms with van der Waals surface area (Å²) in [5.74, 6) is -1.01. The average molecular weight is 341 g/mol. The number of nitrogens with zero attached hydrogens (tertiary/aromatic N) is 1. The highest BCUT2D eigenvalue weighted by Gasteiger charge is 2.43. The largest absolute Gasteiger partial charge is 0.395 e. The quantitative estimate of drug-likeness (QED) is 0.599. The molecular formula is C15H26F3NO4. The molecule has 0 unspecified atom stereocenters. The van der Waals surface area contributed by atoms with Gasteiger partial charge in [0, 0.05) is 6.54 Å². The number of hydrogen-bond acceptors (Lipinski definition) is 5. The van der Waals surface area contributed by atoms with Gasteiger partial charge in [0.05, 0.1) is 24.7 Å². The number of aliphatic hydroxyl groups is 4. The predicted octanol–water partition coefficient (Wildman–Crippen LogP) is 0.504. The van der Waals surface area contributed by atoms with Crippen molar-refractivity contribution in [2.45, 2.75) is 62.6 Å². The summed E-state index contributed by atoms with van der Waals surface area (Å²) >= 11 is 0. The van der Waals surface area contributed by atoms with E-state index >= 15 is 0 Å². The maximum atomic E-state index is 12.6. The van der Waals surface area contributed by atoms with E-state index in [4.69, 9.17) is 0 Å². The number of aliphatic hydroxyl groups excluding tert-OH is 4. The van der Waals surface area contributed by atoms with Gasteiger partial charge in [-0.15, -0.1) is 0 Å². The highest BCUT2D eigenvalue weighted by molar-refractivity contribution is 4.94. The number of β-amino-alcohol motifs (C(OH)–C–C–N with tert-alkyl or cyclic N) is 1. The van der Waals surface area contributed by atoms with E-state index < -0.39 is 36.4 Å². The van der Waals surface area contributed by atoms with Crippen molar-refractivity contribution < 1.29 is 33.6 Å². The first-order valence-electron chi connectivity index (χ1n) is 8.19. The summed E-state index contributed by atoms with van der Waals surface area (Å²) in [6, 6.07) is -0.653. The van der Waals surface area contributed by atoms with E-state index in [1.807, 2.05) is 0 Å². The molecule has 2 fully saturated rings. The number of hydrogen-bond donors (Lipinski definition) is 4. The van der Waals surface area contributed by atoms with Gasteiger partial charge in [0.25, 0.3) is 0 Å². The predicted molar refractivity (Wildman–Crippen MR) is 76.6 cm³/mol. The van der Waals surface area contributed by atoms with Gasteiger partial charge in [0.2, 0.25) is 0 Å². The Labute approximate surface area is 133 Å². The van der Waals surface area contributed by atoms with Crippen LogP contribution < -0.4 is 0 Å². The molecular weight excluding hydrogens is 315 g/mol. The van der Waals surface area contributed by atoms with Gasteiger partial charge in [0.1, 0.15) is 12.2 Å². The molecule has 0 spiro atoms. The standard InChI is InChI=1S/C15H26F3NO4/c16-15(17,18)10-3-1-9(2-4-10)5-6-19-7-12(21)14(23)13(22)11(19)8-20/h9-14,20-23H,1-8H2/t9-,10-,11-,12+,13-,14-/m1/s1. The van der Waals surface area contributed by atoms with E-state index in [0.717, 1.165) is 0 Å². The molecule has 2 aliphatic rings. The van der Waals surface area contributed by atoms with Crippen molar-refractivity contribution in [1.82, 2.24) is 4.90 Å². The van der Waals surface area contributed by atoms with Gasteiger partial charge < -0.3 is 20.4 Å². The van der Waals surface area contributed by atoms with Crippen LogP contribution in [0.1, 0.15) is 32.1 Å². The highest BCUT2D eigenvalue weighted by Crippen LogP contribution is 2.40. The second kappa shape index (κ2) is 7.65. The molecule has 4 N–H and O–H groups in total. The number of piperidine rings is 1. The molecule has 0 radical (unpaired) electrons. The van der Waals surface area contributed by atoms with E-state index in [0.29, 0.717) is 25.8 Å². The summed E-state index contributed by atoms with van der Waals surface area (Å²) in [6.07, 6.45) is -5.70. The Bertz CT molecular complexity index is 374. The van der Waals surface area contributed by atoms with Crippen molar-refractivity contribution in [1.29, 1.82) is 0 Å². The molecule has 5 nitrogen and oxygen atoms in total. The molecule has 1 aliphatic heterocycles. The molecule has 1 saturated heterocycles. The summed E-state index contributed by atoms with van der Waals surface area (Å²) in [4.78, 5) is 1.72. The van der Waals surface area contributed by atoms with Crippen molar-refractivity contribution in [3.63, 3.8) is 0 Å². The summed E-state index contributed by atoms with van der Waals surface area (Å²) in [6.45, 7) is 0.278. The van der Waals surface area contributed by atoms with Crippen LogP contribution in [0.5, 0.6) is 0 Å². The topological polar surface area (TPSA) is 84.2 Å². The van der Waals surface area contributed by atoms with Crippen LogP contribution in [0.2, 0.25) is 0 Å². The number of alkyl halides is 3. The zero-order valence-corrected chi connectivity index (χ0v) is 13.0. The molecule has 0 aromatic heterocycles. The second-order valence-corrected chi connectivity index (χ2v) is 6.84. The molecule has 1 saturated carbocycles. The zero-order chi connectivity index (χ0) is 17.2. The molecule has 0 bridgehead atoms. The minimum atomic E-state index is -4.11. The SMILES string of the molecule is OC[C@@H]1[C@@H](O)[C@H](O)[C@@H](O)CN1CC[C@H]1CC[C@H](C(F)(F)F)CC1.